The van der Waals surface area contributed by atoms with Crippen molar-refractivity contribution >= 4 is 5.69 Å². The van der Waals surface area contributed by atoms with Gasteiger partial charge in [-0.25, -0.2) is 4.98 Å². The number of aromatic nitrogens is 2. The smallest absolute Gasteiger partial charge is 0.106 e. The minimum atomic E-state index is 0.870. The van der Waals surface area contributed by atoms with Crippen molar-refractivity contribution in [2.24, 2.45) is 0 Å². The van der Waals surface area contributed by atoms with Gasteiger partial charge in [-0.3, -0.25) is 0 Å². The van der Waals surface area contributed by atoms with E-state index >= 15 is 0 Å². The summed E-state index contributed by atoms with van der Waals surface area (Å²) in [4.78, 5) is 10.4. The second-order valence-electron chi connectivity index (χ2n) is 6.35. The Bertz CT molecular complexity index is 605. The SMILES string of the molecule is CCCCc1ncc(CNCCN2CCCc3ccccc32)[nH]1. The molecule has 0 bridgehead atoms. The summed E-state index contributed by atoms with van der Waals surface area (Å²) in [6, 6.07) is 8.81. The number of fused-ring (bicyclic) bond motifs is 1. The van der Waals surface area contributed by atoms with Crippen LogP contribution < -0.4 is 10.2 Å². The third-order valence-corrected chi connectivity index (χ3v) is 4.53. The van der Waals surface area contributed by atoms with Crippen LogP contribution in [0.5, 0.6) is 0 Å². The van der Waals surface area contributed by atoms with Crippen molar-refractivity contribution in [3.63, 3.8) is 0 Å². The molecule has 0 unspecified atom stereocenters. The van der Waals surface area contributed by atoms with Crippen LogP contribution in [0.1, 0.15) is 43.3 Å². The van der Waals surface area contributed by atoms with Crippen molar-refractivity contribution < 1.29 is 0 Å². The lowest BCUT2D eigenvalue weighted by molar-refractivity contribution is 0.625. The summed E-state index contributed by atoms with van der Waals surface area (Å²) in [5, 5.41) is 3.54. The van der Waals surface area contributed by atoms with Gasteiger partial charge in [0.25, 0.3) is 0 Å². The summed E-state index contributed by atoms with van der Waals surface area (Å²) < 4.78 is 0. The van der Waals surface area contributed by atoms with Gasteiger partial charge in [0, 0.05) is 50.2 Å². The number of rotatable bonds is 8. The third kappa shape index (κ3) is 4.35. The van der Waals surface area contributed by atoms with E-state index < -0.39 is 0 Å². The van der Waals surface area contributed by atoms with E-state index in [-0.39, 0.29) is 0 Å². The maximum absolute atomic E-state index is 4.45. The molecular formula is C19H28N4. The average molecular weight is 312 g/mol. The minimum absolute atomic E-state index is 0.870. The maximum Gasteiger partial charge on any atom is 0.106 e. The number of benzene rings is 1. The van der Waals surface area contributed by atoms with Crippen LogP contribution in [0.25, 0.3) is 0 Å². The predicted octanol–water partition coefficient (Wildman–Crippen LogP) is 3.29. The molecule has 2 aromatic rings. The fourth-order valence-corrected chi connectivity index (χ4v) is 3.25. The fraction of sp³-hybridized carbons (Fsp3) is 0.526. The van der Waals surface area contributed by atoms with E-state index in [1.54, 1.807) is 0 Å². The number of hydrogen-bond donors (Lipinski definition) is 2. The average Bonchev–Trinajstić information content (AvgIpc) is 3.05. The number of imidazole rings is 1. The van der Waals surface area contributed by atoms with Crippen LogP contribution >= 0.6 is 0 Å². The van der Waals surface area contributed by atoms with E-state index in [1.165, 1.54) is 49.2 Å². The topological polar surface area (TPSA) is 44.0 Å². The highest BCUT2D eigenvalue weighted by atomic mass is 15.1. The van der Waals surface area contributed by atoms with Gasteiger partial charge < -0.3 is 15.2 Å². The van der Waals surface area contributed by atoms with E-state index in [1.807, 2.05) is 6.20 Å². The second-order valence-corrected chi connectivity index (χ2v) is 6.35. The first kappa shape index (κ1) is 16.1. The van der Waals surface area contributed by atoms with E-state index in [0.717, 1.165) is 31.9 Å². The molecule has 4 nitrogen and oxygen atoms in total. The summed E-state index contributed by atoms with van der Waals surface area (Å²) in [7, 11) is 0. The lowest BCUT2D eigenvalue weighted by atomic mass is 10.0. The molecule has 3 rings (SSSR count). The van der Waals surface area contributed by atoms with Gasteiger partial charge in [0.15, 0.2) is 0 Å². The van der Waals surface area contributed by atoms with Crippen molar-refractivity contribution in [3.8, 4) is 0 Å². The third-order valence-electron chi connectivity index (χ3n) is 4.53. The lowest BCUT2D eigenvalue weighted by Gasteiger charge is -2.31. The molecule has 0 radical (unpaired) electrons. The molecule has 1 aliphatic rings. The maximum atomic E-state index is 4.45. The zero-order chi connectivity index (χ0) is 15.9. The van der Waals surface area contributed by atoms with Gasteiger partial charge in [0.05, 0.1) is 0 Å². The number of para-hydroxylation sites is 1. The normalized spacial score (nSPS) is 14.0. The molecule has 0 fully saturated rings. The molecule has 0 saturated heterocycles. The molecule has 2 N–H and O–H groups in total. The molecule has 0 saturated carbocycles. The quantitative estimate of drug-likeness (QED) is 0.735. The molecule has 0 atom stereocenters. The summed E-state index contributed by atoms with van der Waals surface area (Å²) in [6.07, 6.45) is 7.92. The van der Waals surface area contributed by atoms with E-state index in [2.05, 4.69) is 51.4 Å². The highest BCUT2D eigenvalue weighted by molar-refractivity contribution is 5.55. The van der Waals surface area contributed by atoms with Crippen molar-refractivity contribution in [2.75, 3.05) is 24.5 Å². The Morgan fingerprint density at radius 3 is 3.13 bits per heavy atom. The molecule has 1 aromatic heterocycles. The number of aromatic amines is 1. The number of hydrogen-bond acceptors (Lipinski definition) is 3. The Hall–Kier alpha value is -1.81. The molecule has 23 heavy (non-hydrogen) atoms. The second kappa shape index (κ2) is 8.16. The molecule has 0 amide bonds. The summed E-state index contributed by atoms with van der Waals surface area (Å²) in [6.45, 7) is 6.31. The first-order chi connectivity index (χ1) is 11.4. The van der Waals surface area contributed by atoms with E-state index in [4.69, 9.17) is 0 Å². The Morgan fingerprint density at radius 2 is 2.22 bits per heavy atom. The number of aryl methyl sites for hydroxylation is 2. The predicted molar refractivity (Wildman–Crippen MR) is 95.9 cm³/mol. The summed E-state index contributed by atoms with van der Waals surface area (Å²) in [5.74, 6) is 1.12. The zero-order valence-electron chi connectivity index (χ0n) is 14.1. The van der Waals surface area contributed by atoms with E-state index in [9.17, 15) is 0 Å². The van der Waals surface area contributed by atoms with Crippen LogP contribution in [-0.4, -0.2) is 29.6 Å². The Balaban J connectivity index is 1.43. The van der Waals surface area contributed by atoms with Crippen LogP contribution in [0, 0.1) is 0 Å². The number of H-pyrrole nitrogens is 1. The van der Waals surface area contributed by atoms with Gasteiger partial charge in [-0.05, 0) is 30.9 Å². The largest absolute Gasteiger partial charge is 0.370 e. The molecule has 1 aliphatic heterocycles. The Labute approximate surface area is 139 Å². The monoisotopic (exact) mass is 312 g/mol. The number of nitrogens with zero attached hydrogens (tertiary/aromatic N) is 2. The van der Waals surface area contributed by atoms with Gasteiger partial charge in [0.2, 0.25) is 0 Å². The lowest BCUT2D eigenvalue weighted by Crippen LogP contribution is -2.35. The molecule has 1 aromatic carbocycles. The molecule has 124 valence electrons. The molecule has 0 aliphatic carbocycles. The highest BCUT2D eigenvalue weighted by Crippen LogP contribution is 2.25. The van der Waals surface area contributed by atoms with Crippen LogP contribution in [0.15, 0.2) is 30.5 Å². The number of nitrogens with one attached hydrogen (secondary N) is 2. The van der Waals surface area contributed by atoms with Crippen molar-refractivity contribution in [1.82, 2.24) is 15.3 Å². The minimum Gasteiger partial charge on any atom is -0.370 e. The Morgan fingerprint density at radius 1 is 1.30 bits per heavy atom. The van der Waals surface area contributed by atoms with Crippen LogP contribution in [0.4, 0.5) is 5.69 Å². The molecule has 4 heteroatoms. The fourth-order valence-electron chi connectivity index (χ4n) is 3.25. The van der Waals surface area contributed by atoms with Gasteiger partial charge in [-0.15, -0.1) is 0 Å². The van der Waals surface area contributed by atoms with Crippen LogP contribution in [0.3, 0.4) is 0 Å². The van der Waals surface area contributed by atoms with Crippen molar-refractivity contribution in [3.05, 3.63) is 47.5 Å². The zero-order valence-corrected chi connectivity index (χ0v) is 14.1. The van der Waals surface area contributed by atoms with Gasteiger partial charge in [-0.1, -0.05) is 31.5 Å². The molecule has 2 heterocycles. The summed E-state index contributed by atoms with van der Waals surface area (Å²) in [5.41, 5.74) is 4.10. The van der Waals surface area contributed by atoms with Gasteiger partial charge in [0.1, 0.15) is 5.82 Å². The van der Waals surface area contributed by atoms with Crippen LogP contribution in [0.2, 0.25) is 0 Å². The number of anilines is 1. The number of unbranched alkanes of at least 4 members (excludes halogenated alkanes) is 1. The molecular weight excluding hydrogens is 284 g/mol. The Kier molecular flexibility index (Phi) is 5.70. The first-order valence-corrected chi connectivity index (χ1v) is 8.93. The highest BCUT2D eigenvalue weighted by Gasteiger charge is 2.15. The molecule has 0 spiro atoms. The summed E-state index contributed by atoms with van der Waals surface area (Å²) >= 11 is 0. The van der Waals surface area contributed by atoms with Crippen molar-refractivity contribution in [1.29, 1.82) is 0 Å². The standard InChI is InChI=1S/C19H28N4/c1-2-3-10-19-21-15-17(22-19)14-20-11-13-23-12-6-8-16-7-4-5-9-18(16)23/h4-5,7,9,15,20H,2-3,6,8,10-14H2,1H3,(H,21,22). The van der Waals surface area contributed by atoms with Crippen LogP contribution in [-0.2, 0) is 19.4 Å². The first-order valence-electron chi connectivity index (χ1n) is 8.93. The van der Waals surface area contributed by atoms with Gasteiger partial charge in [-0.2, -0.15) is 0 Å². The van der Waals surface area contributed by atoms with Gasteiger partial charge >= 0.3 is 0 Å². The van der Waals surface area contributed by atoms with Crippen molar-refractivity contribution in [2.45, 2.75) is 45.6 Å². The van der Waals surface area contributed by atoms with E-state index in [0.29, 0.717) is 0 Å².